The first-order chi connectivity index (χ1) is 11.3. The van der Waals surface area contributed by atoms with E-state index < -0.39 is 0 Å². The van der Waals surface area contributed by atoms with Crippen molar-refractivity contribution in [2.24, 2.45) is 0 Å². The van der Waals surface area contributed by atoms with E-state index >= 15 is 0 Å². The molecule has 0 aliphatic heterocycles. The second kappa shape index (κ2) is 5.69. The van der Waals surface area contributed by atoms with Crippen molar-refractivity contribution in [3.05, 3.63) is 72.3 Å². The number of nitrogens with zero attached hydrogens (tertiary/aromatic N) is 2. The number of pyridine rings is 1. The summed E-state index contributed by atoms with van der Waals surface area (Å²) in [4.78, 5) is 4.79. The van der Waals surface area contributed by atoms with E-state index in [-0.39, 0.29) is 0 Å². The van der Waals surface area contributed by atoms with E-state index in [0.717, 1.165) is 34.3 Å². The number of fused-ring (bicyclic) bond motifs is 1. The van der Waals surface area contributed by atoms with E-state index in [1.165, 1.54) is 5.56 Å². The van der Waals surface area contributed by atoms with Crippen LogP contribution in [0.1, 0.15) is 12.5 Å². The van der Waals surface area contributed by atoms with Crippen molar-refractivity contribution in [2.75, 3.05) is 0 Å². The minimum atomic E-state index is 0.714. The minimum absolute atomic E-state index is 0.714. The Bertz CT molecular complexity index is 958. The summed E-state index contributed by atoms with van der Waals surface area (Å²) in [7, 11) is 0. The largest absolute Gasteiger partial charge is 0.354 e. The van der Waals surface area contributed by atoms with Gasteiger partial charge in [0, 0.05) is 17.0 Å². The van der Waals surface area contributed by atoms with Gasteiger partial charge in [-0.25, -0.2) is 4.98 Å². The zero-order valence-corrected chi connectivity index (χ0v) is 12.9. The SMILES string of the molecule is CCc1cc2ccccc2nc1-c1cc(-c2ccccc2)no1. The Kier molecular flexibility index (Phi) is 3.39. The van der Waals surface area contributed by atoms with Crippen LogP contribution in [0, 0.1) is 0 Å². The molecule has 0 atom stereocenters. The van der Waals surface area contributed by atoms with Gasteiger partial charge in [-0.2, -0.15) is 0 Å². The molecule has 3 nitrogen and oxygen atoms in total. The van der Waals surface area contributed by atoms with Crippen molar-refractivity contribution in [3.8, 4) is 22.7 Å². The molecule has 0 bridgehead atoms. The predicted octanol–water partition coefficient (Wildman–Crippen LogP) is 5.12. The van der Waals surface area contributed by atoms with Gasteiger partial charge in [0.2, 0.25) is 0 Å². The lowest BCUT2D eigenvalue weighted by Gasteiger charge is -2.06. The highest BCUT2D eigenvalue weighted by Gasteiger charge is 2.14. The van der Waals surface area contributed by atoms with Crippen molar-refractivity contribution < 1.29 is 4.52 Å². The lowest BCUT2D eigenvalue weighted by Crippen LogP contribution is -1.92. The number of aryl methyl sites for hydroxylation is 1. The molecule has 0 aliphatic carbocycles. The molecule has 0 saturated heterocycles. The molecule has 0 saturated carbocycles. The fourth-order valence-electron chi connectivity index (χ4n) is 2.77. The standard InChI is InChI=1S/C20H16N2O/c1-2-14-12-16-10-6-7-11-17(16)21-20(14)19-13-18(22-23-19)15-8-4-3-5-9-15/h3-13H,2H2,1H3. The van der Waals surface area contributed by atoms with Gasteiger partial charge in [-0.05, 0) is 24.1 Å². The molecule has 2 aromatic carbocycles. The molecule has 0 amide bonds. The molecular weight excluding hydrogens is 284 g/mol. The highest BCUT2D eigenvalue weighted by molar-refractivity contribution is 5.83. The molecule has 112 valence electrons. The normalized spacial score (nSPS) is 11.0. The van der Waals surface area contributed by atoms with Crippen molar-refractivity contribution in [1.29, 1.82) is 0 Å². The molecule has 0 unspecified atom stereocenters. The molecule has 3 heteroatoms. The molecule has 0 spiro atoms. The molecule has 23 heavy (non-hydrogen) atoms. The maximum absolute atomic E-state index is 5.58. The molecule has 4 aromatic rings. The lowest BCUT2D eigenvalue weighted by atomic mass is 10.0. The summed E-state index contributed by atoms with van der Waals surface area (Å²) in [5.74, 6) is 0.714. The van der Waals surface area contributed by atoms with Gasteiger partial charge < -0.3 is 4.52 Å². The molecular formula is C20H16N2O. The van der Waals surface area contributed by atoms with E-state index in [4.69, 9.17) is 9.51 Å². The number of para-hydroxylation sites is 1. The van der Waals surface area contributed by atoms with E-state index in [1.807, 2.05) is 54.6 Å². The fraction of sp³-hybridized carbons (Fsp3) is 0.100. The van der Waals surface area contributed by atoms with E-state index in [0.29, 0.717) is 5.76 Å². The number of benzene rings is 2. The van der Waals surface area contributed by atoms with Gasteiger partial charge in [0.05, 0.1) is 5.52 Å². The van der Waals surface area contributed by atoms with E-state index in [9.17, 15) is 0 Å². The van der Waals surface area contributed by atoms with Crippen LogP contribution in [-0.4, -0.2) is 10.1 Å². The number of rotatable bonds is 3. The van der Waals surface area contributed by atoms with Gasteiger partial charge >= 0.3 is 0 Å². The lowest BCUT2D eigenvalue weighted by molar-refractivity contribution is 0.433. The third kappa shape index (κ3) is 2.50. The topological polar surface area (TPSA) is 38.9 Å². The highest BCUT2D eigenvalue weighted by Crippen LogP contribution is 2.29. The Morgan fingerprint density at radius 1 is 0.913 bits per heavy atom. The molecule has 0 aliphatic rings. The second-order valence-corrected chi connectivity index (χ2v) is 5.48. The highest BCUT2D eigenvalue weighted by atomic mass is 16.5. The van der Waals surface area contributed by atoms with Gasteiger partial charge in [-0.3, -0.25) is 0 Å². The van der Waals surface area contributed by atoms with Gasteiger partial charge in [0.25, 0.3) is 0 Å². The van der Waals surface area contributed by atoms with E-state index in [1.54, 1.807) is 0 Å². The molecule has 0 N–H and O–H groups in total. The van der Waals surface area contributed by atoms with Crippen molar-refractivity contribution in [3.63, 3.8) is 0 Å². The van der Waals surface area contributed by atoms with Crippen molar-refractivity contribution in [1.82, 2.24) is 10.1 Å². The third-order valence-electron chi connectivity index (χ3n) is 4.00. The molecule has 0 fully saturated rings. The summed E-state index contributed by atoms with van der Waals surface area (Å²) < 4.78 is 5.58. The second-order valence-electron chi connectivity index (χ2n) is 5.48. The first kappa shape index (κ1) is 13.7. The number of hydrogen-bond acceptors (Lipinski definition) is 3. The van der Waals surface area contributed by atoms with Gasteiger partial charge in [-0.1, -0.05) is 60.6 Å². The summed E-state index contributed by atoms with van der Waals surface area (Å²) >= 11 is 0. The van der Waals surface area contributed by atoms with Crippen LogP contribution in [-0.2, 0) is 6.42 Å². The maximum Gasteiger partial charge on any atom is 0.186 e. The van der Waals surface area contributed by atoms with Crippen LogP contribution >= 0.6 is 0 Å². The first-order valence-electron chi connectivity index (χ1n) is 7.76. The Morgan fingerprint density at radius 3 is 2.52 bits per heavy atom. The average molecular weight is 300 g/mol. The van der Waals surface area contributed by atoms with Gasteiger partial charge in [-0.15, -0.1) is 0 Å². The molecule has 4 rings (SSSR count). The summed E-state index contributed by atoms with van der Waals surface area (Å²) in [6.07, 6.45) is 0.897. The zero-order valence-electron chi connectivity index (χ0n) is 12.9. The third-order valence-corrected chi connectivity index (χ3v) is 4.00. The van der Waals surface area contributed by atoms with Crippen LogP contribution in [0.2, 0.25) is 0 Å². The van der Waals surface area contributed by atoms with Crippen LogP contribution < -0.4 is 0 Å². The Hall–Kier alpha value is -2.94. The van der Waals surface area contributed by atoms with Crippen LogP contribution in [0.25, 0.3) is 33.6 Å². The smallest absolute Gasteiger partial charge is 0.186 e. The van der Waals surface area contributed by atoms with E-state index in [2.05, 4.69) is 24.2 Å². The van der Waals surface area contributed by atoms with Gasteiger partial charge in [0.1, 0.15) is 11.4 Å². The summed E-state index contributed by atoms with van der Waals surface area (Å²) in [6.45, 7) is 2.13. The first-order valence-corrected chi connectivity index (χ1v) is 7.76. The monoisotopic (exact) mass is 300 g/mol. The average Bonchev–Trinajstić information content (AvgIpc) is 3.11. The van der Waals surface area contributed by atoms with Crippen LogP contribution in [0.15, 0.2) is 71.3 Å². The quantitative estimate of drug-likeness (QED) is 0.527. The predicted molar refractivity (Wildman–Crippen MR) is 92.1 cm³/mol. The van der Waals surface area contributed by atoms with Crippen LogP contribution in [0.5, 0.6) is 0 Å². The zero-order chi connectivity index (χ0) is 15.6. The number of aromatic nitrogens is 2. The van der Waals surface area contributed by atoms with Gasteiger partial charge in [0.15, 0.2) is 5.76 Å². The molecule has 0 radical (unpaired) electrons. The Balaban J connectivity index is 1.84. The van der Waals surface area contributed by atoms with Crippen molar-refractivity contribution >= 4 is 10.9 Å². The maximum atomic E-state index is 5.58. The number of hydrogen-bond donors (Lipinski definition) is 0. The van der Waals surface area contributed by atoms with Crippen LogP contribution in [0.4, 0.5) is 0 Å². The fourth-order valence-corrected chi connectivity index (χ4v) is 2.77. The molecule has 2 heterocycles. The minimum Gasteiger partial charge on any atom is -0.354 e. The summed E-state index contributed by atoms with van der Waals surface area (Å²) in [6, 6.07) is 22.3. The Morgan fingerprint density at radius 2 is 1.70 bits per heavy atom. The van der Waals surface area contributed by atoms with Crippen molar-refractivity contribution in [2.45, 2.75) is 13.3 Å². The van der Waals surface area contributed by atoms with Crippen LogP contribution in [0.3, 0.4) is 0 Å². The Labute approximate surface area is 134 Å². The summed E-state index contributed by atoms with van der Waals surface area (Å²) in [5.41, 5.74) is 4.89. The summed E-state index contributed by atoms with van der Waals surface area (Å²) in [5, 5.41) is 5.35. The molecule has 2 aromatic heterocycles.